The topological polar surface area (TPSA) is 34.1 Å². The molecule has 0 atom stereocenters. The first-order valence-electron chi connectivity index (χ1n) is 18.0. The van der Waals surface area contributed by atoms with E-state index in [1.54, 1.807) is 0 Å². The van der Waals surface area contributed by atoms with Crippen molar-refractivity contribution in [3.8, 4) is 0 Å². The van der Waals surface area contributed by atoms with Gasteiger partial charge in [-0.15, -0.1) is 0 Å². The molecule has 2 nitrogen and oxygen atoms in total. The first-order chi connectivity index (χ1) is 26.1. The quantitative estimate of drug-likeness (QED) is 0.0971. The second kappa shape index (κ2) is 14.8. The number of hydrogen-bond donors (Lipinski definition) is 0. The molecule has 0 unspecified atom stereocenters. The van der Waals surface area contributed by atoms with Gasteiger partial charge >= 0.3 is 315 Å². The summed E-state index contributed by atoms with van der Waals surface area (Å²) in [5.74, 6) is 0. The molecule has 0 amide bonds. The average Bonchev–Trinajstić information content (AvgIpc) is 3.26. The summed E-state index contributed by atoms with van der Waals surface area (Å²) in [4.78, 5) is 0. The second-order valence-corrected chi connectivity index (χ2v) is 23.4. The molecule has 0 saturated heterocycles. The molecule has 0 aromatic heterocycles. The summed E-state index contributed by atoms with van der Waals surface area (Å²) in [6.07, 6.45) is 0. The molecule has 0 N–H and O–H groups in total. The van der Waals surface area contributed by atoms with Crippen molar-refractivity contribution in [2.75, 3.05) is 0 Å². The van der Waals surface area contributed by atoms with Crippen molar-refractivity contribution in [3.05, 3.63) is 231 Å². The Morgan fingerprint density at radius 1 is 0.226 bits per heavy atom. The summed E-state index contributed by atoms with van der Waals surface area (Å²) in [6, 6.07) is 78.1. The number of rotatable bonds is 10. The number of hydrogen-bond acceptors (Lipinski definition) is 2. The second-order valence-electron chi connectivity index (χ2n) is 13.4. The summed E-state index contributed by atoms with van der Waals surface area (Å²) in [5.41, 5.74) is 0. The number of benzene rings is 8. The molecular weight excluding hydrogens is 699 g/mol. The minimum absolute atomic E-state index is 0.800. The molecule has 0 heterocycles. The third kappa shape index (κ3) is 6.12. The molecular formula is C48H39O2P2Si-. The molecule has 8 aromatic carbocycles. The maximum absolute atomic E-state index is 15.3. The third-order valence-corrected chi connectivity index (χ3v) is 22.3. The van der Waals surface area contributed by atoms with E-state index in [1.165, 1.54) is 20.7 Å². The van der Waals surface area contributed by atoms with Crippen LogP contribution < -0.4 is 52.6 Å². The molecule has 0 spiro atoms. The molecule has 0 saturated carbocycles. The fraction of sp³-hybridized carbons (Fsp3) is 0. The zero-order valence-electron chi connectivity index (χ0n) is 29.2. The van der Waals surface area contributed by atoms with Crippen molar-refractivity contribution in [3.63, 3.8) is 0 Å². The van der Waals surface area contributed by atoms with Gasteiger partial charge in [-0.3, -0.25) is 0 Å². The van der Waals surface area contributed by atoms with E-state index >= 15 is 9.13 Å². The van der Waals surface area contributed by atoms with Gasteiger partial charge in [0, 0.05) is 0 Å². The van der Waals surface area contributed by atoms with Crippen molar-refractivity contribution >= 4 is 74.9 Å². The fourth-order valence-corrected chi connectivity index (χ4v) is 18.8. The predicted molar refractivity (Wildman–Crippen MR) is 230 cm³/mol. The SMILES string of the molecule is O=P(c1ccccc1)(c1ccccc1)c1ccc([SiH-](c2ccccc2)(c2ccccc2)c2ccc(P(=O)(c3ccccc3)c3ccccc3)cc2)cc1. The van der Waals surface area contributed by atoms with E-state index < -0.39 is 22.4 Å². The Morgan fingerprint density at radius 3 is 0.660 bits per heavy atom. The standard InChI is InChI=1S/C48H39O2P2Si/c49-51(39-19-7-1-8-20-39,40-21-9-2-10-22-40)43-31-35-47(36-32-43)53(45-27-15-5-16-28-45,46-29-17-6-18-30-46)48-37-33-44(34-38-48)52(50,41-23-11-3-12-24-41)42-25-13-4-14-26-42/h1-38,53H/q-1. The van der Waals surface area contributed by atoms with Gasteiger partial charge in [0.1, 0.15) is 0 Å². The Balaban J connectivity index is 1.34. The van der Waals surface area contributed by atoms with E-state index in [4.69, 9.17) is 0 Å². The molecule has 5 heteroatoms. The Kier molecular flexibility index (Phi) is 9.65. The molecule has 258 valence electrons. The van der Waals surface area contributed by atoms with Gasteiger partial charge in [0.15, 0.2) is 0 Å². The fourth-order valence-electron chi connectivity index (χ4n) is 8.03. The van der Waals surface area contributed by atoms with E-state index in [-0.39, 0.29) is 0 Å². The van der Waals surface area contributed by atoms with Crippen LogP contribution in [0.4, 0.5) is 0 Å². The van der Waals surface area contributed by atoms with Gasteiger partial charge in [0.2, 0.25) is 0 Å². The minimum atomic E-state index is -3.40. The van der Waals surface area contributed by atoms with Gasteiger partial charge in [-0.1, -0.05) is 0 Å². The van der Waals surface area contributed by atoms with Gasteiger partial charge in [-0.2, -0.15) is 0 Å². The van der Waals surface area contributed by atoms with Gasteiger partial charge in [0.25, 0.3) is 0 Å². The summed E-state index contributed by atoms with van der Waals surface area (Å²) >= 11 is 0. The van der Waals surface area contributed by atoms with Crippen LogP contribution in [0.5, 0.6) is 0 Å². The Morgan fingerprint density at radius 2 is 0.415 bits per heavy atom. The molecule has 0 radical (unpaired) electrons. The monoisotopic (exact) mass is 737 g/mol. The Bertz CT molecular complexity index is 2240. The van der Waals surface area contributed by atoms with Crippen molar-refractivity contribution in [1.29, 1.82) is 0 Å². The van der Waals surface area contributed by atoms with Gasteiger partial charge in [0.05, 0.1) is 0 Å². The van der Waals surface area contributed by atoms with Crippen molar-refractivity contribution in [2.45, 2.75) is 0 Å². The zero-order chi connectivity index (χ0) is 36.1. The van der Waals surface area contributed by atoms with Crippen molar-refractivity contribution in [2.24, 2.45) is 0 Å². The van der Waals surface area contributed by atoms with E-state index in [0.29, 0.717) is 0 Å². The van der Waals surface area contributed by atoms with Gasteiger partial charge in [-0.05, 0) is 0 Å². The average molecular weight is 738 g/mol. The Labute approximate surface area is 313 Å². The third-order valence-electron chi connectivity index (χ3n) is 10.6. The summed E-state index contributed by atoms with van der Waals surface area (Å²) in [6.45, 7) is 0. The van der Waals surface area contributed by atoms with Crippen LogP contribution in [0.15, 0.2) is 231 Å². The van der Waals surface area contributed by atoms with Crippen LogP contribution in [0.2, 0.25) is 0 Å². The normalized spacial score (nSPS) is 12.2. The molecule has 0 bridgehead atoms. The molecule has 0 fully saturated rings. The molecule has 8 aromatic rings. The van der Waals surface area contributed by atoms with E-state index in [9.17, 15) is 0 Å². The van der Waals surface area contributed by atoms with E-state index in [1.807, 2.05) is 121 Å². The van der Waals surface area contributed by atoms with E-state index in [0.717, 1.165) is 31.8 Å². The maximum atomic E-state index is 15.3. The first-order valence-corrected chi connectivity index (χ1v) is 23.7. The zero-order valence-corrected chi connectivity index (χ0v) is 32.2. The van der Waals surface area contributed by atoms with Crippen LogP contribution in [0, 0.1) is 0 Å². The van der Waals surface area contributed by atoms with Gasteiger partial charge < -0.3 is 0 Å². The predicted octanol–water partition coefficient (Wildman–Crippen LogP) is 6.08. The van der Waals surface area contributed by atoms with Crippen LogP contribution >= 0.6 is 14.3 Å². The Hall–Kier alpha value is -5.56. The summed E-state index contributed by atoms with van der Waals surface area (Å²) in [5, 5.41) is 9.78. The van der Waals surface area contributed by atoms with Crippen molar-refractivity contribution < 1.29 is 9.13 Å². The van der Waals surface area contributed by atoms with Crippen LogP contribution in [0.3, 0.4) is 0 Å². The van der Waals surface area contributed by atoms with Crippen LogP contribution in [-0.2, 0) is 9.13 Å². The molecule has 0 aliphatic carbocycles. The van der Waals surface area contributed by atoms with E-state index in [2.05, 4.69) is 109 Å². The van der Waals surface area contributed by atoms with Crippen molar-refractivity contribution in [1.82, 2.24) is 0 Å². The molecule has 8 rings (SSSR count). The van der Waals surface area contributed by atoms with Crippen LogP contribution in [-0.4, -0.2) is 8.07 Å². The van der Waals surface area contributed by atoms with Crippen LogP contribution in [0.25, 0.3) is 0 Å². The first kappa shape index (κ1) is 34.5. The molecule has 53 heavy (non-hydrogen) atoms. The van der Waals surface area contributed by atoms with Gasteiger partial charge in [-0.25, -0.2) is 0 Å². The molecule has 0 aliphatic heterocycles. The van der Waals surface area contributed by atoms with Crippen LogP contribution in [0.1, 0.15) is 0 Å². The molecule has 0 aliphatic rings. The summed E-state index contributed by atoms with van der Waals surface area (Å²) < 4.78 is 30.7. The summed E-state index contributed by atoms with van der Waals surface area (Å²) in [7, 11) is -9.73.